The average molecular weight is 518 g/mol. The van der Waals surface area contributed by atoms with Gasteiger partial charge < -0.3 is 20.1 Å². The largest absolute Gasteiger partial charge is 0.493 e. The van der Waals surface area contributed by atoms with Crippen molar-refractivity contribution in [2.24, 2.45) is 5.92 Å². The molecule has 1 heterocycles. The van der Waals surface area contributed by atoms with Gasteiger partial charge in [-0.2, -0.15) is 13.2 Å². The van der Waals surface area contributed by atoms with E-state index >= 15 is 0 Å². The molecule has 2 aliphatic carbocycles. The molecule has 0 radical (unpaired) electrons. The first-order chi connectivity index (χ1) is 17.7. The van der Waals surface area contributed by atoms with Crippen LogP contribution in [0.2, 0.25) is 0 Å². The number of urea groups is 1. The van der Waals surface area contributed by atoms with Crippen molar-refractivity contribution < 1.29 is 27.4 Å². The van der Waals surface area contributed by atoms with Crippen molar-refractivity contribution in [2.75, 3.05) is 32.6 Å². The number of nitrogens with zero attached hydrogens (tertiary/aromatic N) is 1. The summed E-state index contributed by atoms with van der Waals surface area (Å²) in [6.45, 7) is 2.08. The number of hydrogen-bond donors (Lipinski definition) is 2. The zero-order valence-electron chi connectivity index (χ0n) is 21.2. The van der Waals surface area contributed by atoms with Gasteiger partial charge in [-0.05, 0) is 86.9 Å². The number of alkyl halides is 3. The maximum atomic E-state index is 13.1. The number of anilines is 1. The van der Waals surface area contributed by atoms with Crippen molar-refractivity contribution in [3.8, 4) is 11.5 Å². The molecule has 2 amide bonds. The van der Waals surface area contributed by atoms with Crippen LogP contribution in [0.5, 0.6) is 11.5 Å². The summed E-state index contributed by atoms with van der Waals surface area (Å²) in [6, 6.07) is 10.6. The molecule has 0 spiro atoms. The third-order valence-electron chi connectivity index (χ3n) is 8.30. The Hall–Kier alpha value is -2.94. The molecule has 0 bridgehead atoms. The predicted molar refractivity (Wildman–Crippen MR) is 135 cm³/mol. The first kappa shape index (κ1) is 25.7. The fraction of sp³-hybridized carbons (Fsp3) is 0.536. The second-order valence-corrected chi connectivity index (χ2v) is 10.6. The molecule has 2 saturated carbocycles. The van der Waals surface area contributed by atoms with Crippen molar-refractivity contribution in [2.45, 2.75) is 62.2 Å². The molecule has 6 nitrogen and oxygen atoms in total. The van der Waals surface area contributed by atoms with E-state index in [0.717, 1.165) is 62.6 Å². The number of ether oxygens (including phenoxy) is 2. The standard InChI is InChI=1S/C28H34F3N3O3/c1-36-23-9-8-19(15-24(23)37-2)27-11-10-22(16-25(27)34(13-12-27)17-18-6-7-18)33-26(35)32-21-5-3-4-20(14-21)28(29,30)31/h3-5,8-9,14-15,18,22,25H,6-7,10-13,16-17H2,1-2H3,(H2,32,33,35)/t22-,25+,27+/m1/s1. The Morgan fingerprint density at radius 3 is 2.54 bits per heavy atom. The van der Waals surface area contributed by atoms with Crippen LogP contribution in [0.15, 0.2) is 42.5 Å². The van der Waals surface area contributed by atoms with E-state index in [9.17, 15) is 18.0 Å². The Bertz CT molecular complexity index is 1140. The topological polar surface area (TPSA) is 62.8 Å². The van der Waals surface area contributed by atoms with Gasteiger partial charge in [0.1, 0.15) is 0 Å². The Balaban J connectivity index is 1.32. The minimum Gasteiger partial charge on any atom is -0.493 e. The number of fused-ring (bicyclic) bond motifs is 1. The Labute approximate surface area is 215 Å². The zero-order chi connectivity index (χ0) is 26.2. The number of likely N-dealkylation sites (tertiary alicyclic amines) is 1. The van der Waals surface area contributed by atoms with Crippen molar-refractivity contribution in [3.63, 3.8) is 0 Å². The van der Waals surface area contributed by atoms with Crippen LogP contribution in [-0.2, 0) is 11.6 Å². The fourth-order valence-corrected chi connectivity index (χ4v) is 6.23. The number of amides is 2. The molecule has 2 N–H and O–H groups in total. The molecule has 3 atom stereocenters. The van der Waals surface area contributed by atoms with Gasteiger partial charge in [-0.25, -0.2) is 4.79 Å². The monoisotopic (exact) mass is 517 g/mol. The molecule has 3 aliphatic rings. The number of carbonyl (C=O) groups is 1. The number of carbonyl (C=O) groups excluding carboxylic acids is 1. The molecule has 37 heavy (non-hydrogen) atoms. The molecular formula is C28H34F3N3O3. The number of hydrogen-bond acceptors (Lipinski definition) is 4. The van der Waals surface area contributed by atoms with Crippen LogP contribution in [-0.4, -0.2) is 50.3 Å². The van der Waals surface area contributed by atoms with Crippen molar-refractivity contribution in [1.82, 2.24) is 10.2 Å². The molecule has 1 saturated heterocycles. The van der Waals surface area contributed by atoms with Crippen LogP contribution >= 0.6 is 0 Å². The van der Waals surface area contributed by atoms with Gasteiger partial charge in [-0.3, -0.25) is 4.90 Å². The highest BCUT2D eigenvalue weighted by Gasteiger charge is 2.52. The third-order valence-corrected chi connectivity index (χ3v) is 8.30. The van der Waals surface area contributed by atoms with Gasteiger partial charge in [-0.1, -0.05) is 12.1 Å². The lowest BCUT2D eigenvalue weighted by Gasteiger charge is -2.45. The van der Waals surface area contributed by atoms with Crippen molar-refractivity contribution in [1.29, 1.82) is 0 Å². The second kappa shape index (κ2) is 10.1. The quantitative estimate of drug-likeness (QED) is 0.486. The van der Waals surface area contributed by atoms with Gasteiger partial charge in [-0.15, -0.1) is 0 Å². The summed E-state index contributed by atoms with van der Waals surface area (Å²) in [7, 11) is 3.28. The Morgan fingerprint density at radius 2 is 1.84 bits per heavy atom. The van der Waals surface area contributed by atoms with Crippen LogP contribution < -0.4 is 20.1 Å². The lowest BCUT2D eigenvalue weighted by Crippen LogP contribution is -2.53. The number of rotatable bonds is 7. The highest BCUT2D eigenvalue weighted by atomic mass is 19.4. The van der Waals surface area contributed by atoms with Crippen LogP contribution in [0.1, 0.15) is 49.7 Å². The number of nitrogens with one attached hydrogen (secondary N) is 2. The maximum Gasteiger partial charge on any atom is 0.416 e. The van der Waals surface area contributed by atoms with E-state index in [1.165, 1.54) is 30.5 Å². The van der Waals surface area contributed by atoms with E-state index < -0.39 is 17.8 Å². The molecule has 0 aromatic heterocycles. The summed E-state index contributed by atoms with van der Waals surface area (Å²) >= 11 is 0. The minimum atomic E-state index is -4.46. The minimum absolute atomic E-state index is 0.0376. The van der Waals surface area contributed by atoms with E-state index in [4.69, 9.17) is 9.47 Å². The number of methoxy groups -OCH3 is 2. The van der Waals surface area contributed by atoms with Crippen molar-refractivity contribution in [3.05, 3.63) is 53.6 Å². The highest BCUT2D eigenvalue weighted by Crippen LogP contribution is 2.51. The molecule has 1 aliphatic heterocycles. The van der Waals surface area contributed by atoms with Gasteiger partial charge in [0, 0.05) is 29.7 Å². The molecular weight excluding hydrogens is 483 g/mol. The molecule has 2 aromatic rings. The summed E-state index contributed by atoms with van der Waals surface area (Å²) in [6.07, 6.45) is 1.61. The van der Waals surface area contributed by atoms with Gasteiger partial charge in [0.2, 0.25) is 0 Å². The first-order valence-corrected chi connectivity index (χ1v) is 12.9. The molecule has 3 fully saturated rings. The number of halogens is 3. The molecule has 9 heteroatoms. The summed E-state index contributed by atoms with van der Waals surface area (Å²) in [5, 5.41) is 5.62. The smallest absolute Gasteiger partial charge is 0.416 e. The van der Waals surface area contributed by atoms with E-state index in [1.807, 2.05) is 6.07 Å². The molecule has 0 unspecified atom stereocenters. The molecule has 5 rings (SSSR count). The summed E-state index contributed by atoms with van der Waals surface area (Å²) < 4.78 is 50.2. The van der Waals surface area contributed by atoms with E-state index in [-0.39, 0.29) is 23.2 Å². The Morgan fingerprint density at radius 1 is 1.05 bits per heavy atom. The van der Waals surface area contributed by atoms with Gasteiger partial charge >= 0.3 is 12.2 Å². The maximum absolute atomic E-state index is 13.1. The summed E-state index contributed by atoms with van der Waals surface area (Å²) in [5.41, 5.74) is 0.535. The van der Waals surface area contributed by atoms with E-state index in [1.54, 1.807) is 14.2 Å². The average Bonchev–Trinajstić information content (AvgIpc) is 3.63. The summed E-state index contributed by atoms with van der Waals surface area (Å²) in [5.74, 6) is 2.17. The zero-order valence-corrected chi connectivity index (χ0v) is 21.2. The normalized spacial score (nSPS) is 25.9. The summed E-state index contributed by atoms with van der Waals surface area (Å²) in [4.78, 5) is 15.3. The van der Waals surface area contributed by atoms with E-state index in [2.05, 4.69) is 27.7 Å². The highest BCUT2D eigenvalue weighted by molar-refractivity contribution is 5.89. The second-order valence-electron chi connectivity index (χ2n) is 10.6. The van der Waals surface area contributed by atoms with Gasteiger partial charge in [0.05, 0.1) is 19.8 Å². The SMILES string of the molecule is COc1ccc([C@@]23CC[C@@H](NC(=O)Nc4cccc(C(F)(F)F)c4)C[C@@H]2N(CC2CC2)CC3)cc1OC. The molecule has 2 aromatic carbocycles. The van der Waals surface area contributed by atoms with Crippen molar-refractivity contribution >= 4 is 11.7 Å². The third kappa shape index (κ3) is 5.37. The lowest BCUT2D eigenvalue weighted by molar-refractivity contribution is -0.137. The van der Waals surface area contributed by atoms with Crippen LogP contribution in [0.4, 0.5) is 23.7 Å². The van der Waals surface area contributed by atoms with Gasteiger partial charge in [0.25, 0.3) is 0 Å². The lowest BCUT2D eigenvalue weighted by atomic mass is 9.65. The molecule has 200 valence electrons. The van der Waals surface area contributed by atoms with Crippen LogP contribution in [0, 0.1) is 5.92 Å². The van der Waals surface area contributed by atoms with Crippen LogP contribution in [0.3, 0.4) is 0 Å². The van der Waals surface area contributed by atoms with E-state index in [0.29, 0.717) is 5.75 Å². The van der Waals surface area contributed by atoms with Gasteiger partial charge in [0.15, 0.2) is 11.5 Å². The van der Waals surface area contributed by atoms with Crippen LogP contribution in [0.25, 0.3) is 0 Å². The number of benzene rings is 2. The predicted octanol–water partition coefficient (Wildman–Crippen LogP) is 5.82. The first-order valence-electron chi connectivity index (χ1n) is 12.9. The fourth-order valence-electron chi connectivity index (χ4n) is 6.23. The Kier molecular flexibility index (Phi) is 7.00.